The molecule has 0 amide bonds. The van der Waals surface area contributed by atoms with Gasteiger partial charge in [-0.25, -0.2) is 0 Å². The Balaban J connectivity index is 4.98. The molecule has 0 bridgehead atoms. The van der Waals surface area contributed by atoms with E-state index >= 15 is 0 Å². The van der Waals surface area contributed by atoms with Crippen molar-refractivity contribution in [1.29, 1.82) is 10.7 Å². The third-order valence-electron chi connectivity index (χ3n) is 1.51. The van der Waals surface area contributed by atoms with Gasteiger partial charge >= 0.3 is 0 Å². The molecule has 0 radical (unpaired) electrons. The standard InChI is InChI=1S/C9H15N3/c1-6(11)7(5-10)8(12)9(2,3)4/h12H,11H2,1-4H3/b7-6+,12-8?. The lowest BCUT2D eigenvalue weighted by Crippen LogP contribution is -2.22. The lowest BCUT2D eigenvalue weighted by Gasteiger charge is -2.19. The van der Waals surface area contributed by atoms with Crippen molar-refractivity contribution >= 4 is 5.71 Å². The highest BCUT2D eigenvalue weighted by atomic mass is 14.6. The van der Waals surface area contributed by atoms with E-state index in [-0.39, 0.29) is 5.41 Å². The van der Waals surface area contributed by atoms with Crippen molar-refractivity contribution in [2.75, 3.05) is 0 Å². The third-order valence-corrected chi connectivity index (χ3v) is 1.51. The topological polar surface area (TPSA) is 73.7 Å². The smallest absolute Gasteiger partial charge is 0.103 e. The minimum atomic E-state index is -0.314. The van der Waals surface area contributed by atoms with Crippen molar-refractivity contribution in [2.45, 2.75) is 27.7 Å². The van der Waals surface area contributed by atoms with Crippen LogP contribution in [-0.2, 0) is 0 Å². The molecule has 0 aliphatic rings. The summed E-state index contributed by atoms with van der Waals surface area (Å²) in [7, 11) is 0. The zero-order chi connectivity index (χ0) is 9.94. The van der Waals surface area contributed by atoms with E-state index < -0.39 is 0 Å². The second kappa shape index (κ2) is 3.40. The normalized spacial score (nSPS) is 13.2. The first-order chi connectivity index (χ1) is 5.30. The Bertz CT molecular complexity index is 256. The summed E-state index contributed by atoms with van der Waals surface area (Å²) in [5, 5.41) is 16.4. The molecule has 0 saturated carbocycles. The molecule has 0 fully saturated rings. The van der Waals surface area contributed by atoms with E-state index in [0.717, 1.165) is 0 Å². The maximum absolute atomic E-state index is 8.70. The van der Waals surface area contributed by atoms with Gasteiger partial charge in [-0.15, -0.1) is 0 Å². The first kappa shape index (κ1) is 10.7. The fourth-order valence-corrected chi connectivity index (χ4v) is 0.716. The van der Waals surface area contributed by atoms with Gasteiger partial charge in [-0.2, -0.15) is 5.26 Å². The van der Waals surface area contributed by atoms with E-state index in [9.17, 15) is 0 Å². The minimum absolute atomic E-state index is 0.294. The molecule has 3 heteroatoms. The Morgan fingerprint density at radius 1 is 1.42 bits per heavy atom. The number of nitrogens with one attached hydrogen (secondary N) is 1. The zero-order valence-electron chi connectivity index (χ0n) is 8.02. The second-order valence-corrected chi connectivity index (χ2v) is 3.79. The largest absolute Gasteiger partial charge is 0.401 e. The van der Waals surface area contributed by atoms with E-state index in [0.29, 0.717) is 17.0 Å². The van der Waals surface area contributed by atoms with Gasteiger partial charge < -0.3 is 11.1 Å². The highest BCUT2D eigenvalue weighted by Gasteiger charge is 2.21. The van der Waals surface area contributed by atoms with Crippen LogP contribution in [0.15, 0.2) is 11.3 Å². The average molecular weight is 165 g/mol. The molecule has 0 aliphatic heterocycles. The predicted molar refractivity (Wildman–Crippen MR) is 49.7 cm³/mol. The monoisotopic (exact) mass is 165 g/mol. The fourth-order valence-electron chi connectivity index (χ4n) is 0.716. The molecular formula is C9H15N3. The molecule has 0 aromatic rings. The number of hydrogen-bond acceptors (Lipinski definition) is 3. The van der Waals surface area contributed by atoms with Crippen molar-refractivity contribution in [3.63, 3.8) is 0 Å². The highest BCUT2D eigenvalue weighted by Crippen LogP contribution is 2.20. The summed E-state index contributed by atoms with van der Waals surface area (Å²) in [4.78, 5) is 0. The first-order valence-electron chi connectivity index (χ1n) is 3.76. The molecule has 12 heavy (non-hydrogen) atoms. The van der Waals surface area contributed by atoms with Crippen molar-refractivity contribution in [1.82, 2.24) is 0 Å². The van der Waals surface area contributed by atoms with E-state index in [4.69, 9.17) is 16.4 Å². The quantitative estimate of drug-likeness (QED) is 0.459. The highest BCUT2D eigenvalue weighted by molar-refractivity contribution is 6.05. The van der Waals surface area contributed by atoms with Crippen molar-refractivity contribution in [2.24, 2.45) is 11.1 Å². The molecule has 0 saturated heterocycles. The van der Waals surface area contributed by atoms with Crippen molar-refractivity contribution in [3.8, 4) is 6.07 Å². The molecule has 0 aromatic heterocycles. The summed E-state index contributed by atoms with van der Waals surface area (Å²) < 4.78 is 0. The van der Waals surface area contributed by atoms with E-state index in [1.807, 2.05) is 26.8 Å². The molecule has 3 nitrogen and oxygen atoms in total. The fraction of sp³-hybridized carbons (Fsp3) is 0.556. The number of nitrogens with two attached hydrogens (primary N) is 1. The summed E-state index contributed by atoms with van der Waals surface area (Å²) in [6.07, 6.45) is 0. The maximum atomic E-state index is 8.70. The molecule has 66 valence electrons. The van der Waals surface area contributed by atoms with Gasteiger partial charge in [0.2, 0.25) is 0 Å². The molecule has 0 aromatic carbocycles. The Hall–Kier alpha value is -1.30. The van der Waals surface area contributed by atoms with Gasteiger partial charge in [0.05, 0.1) is 11.3 Å². The summed E-state index contributed by atoms with van der Waals surface area (Å²) in [6.45, 7) is 7.29. The summed E-state index contributed by atoms with van der Waals surface area (Å²) in [5.41, 5.74) is 6.15. The Kier molecular flexibility index (Phi) is 3.03. The van der Waals surface area contributed by atoms with Crippen molar-refractivity contribution in [3.05, 3.63) is 11.3 Å². The third kappa shape index (κ3) is 2.39. The summed E-state index contributed by atoms with van der Waals surface area (Å²) in [5.74, 6) is 0. The van der Waals surface area contributed by atoms with Crippen LogP contribution in [0.3, 0.4) is 0 Å². The van der Waals surface area contributed by atoms with Crippen LogP contribution >= 0.6 is 0 Å². The van der Waals surface area contributed by atoms with Crippen LogP contribution in [-0.4, -0.2) is 5.71 Å². The van der Waals surface area contributed by atoms with Gasteiger partial charge in [0.25, 0.3) is 0 Å². The van der Waals surface area contributed by atoms with E-state index in [1.54, 1.807) is 6.92 Å². The molecule has 0 rings (SSSR count). The molecule has 0 heterocycles. The van der Waals surface area contributed by atoms with Crippen LogP contribution in [0.2, 0.25) is 0 Å². The summed E-state index contributed by atoms with van der Waals surface area (Å²) in [6, 6.07) is 1.94. The lowest BCUT2D eigenvalue weighted by atomic mass is 9.85. The number of nitrogens with zero attached hydrogens (tertiary/aromatic N) is 1. The van der Waals surface area contributed by atoms with Gasteiger partial charge in [-0.3, -0.25) is 0 Å². The average Bonchev–Trinajstić information content (AvgIpc) is 1.86. The summed E-state index contributed by atoms with van der Waals surface area (Å²) >= 11 is 0. The van der Waals surface area contributed by atoms with Crippen LogP contribution in [0.25, 0.3) is 0 Å². The van der Waals surface area contributed by atoms with Crippen molar-refractivity contribution < 1.29 is 0 Å². The van der Waals surface area contributed by atoms with Gasteiger partial charge in [0.1, 0.15) is 6.07 Å². The Morgan fingerprint density at radius 2 is 1.83 bits per heavy atom. The first-order valence-corrected chi connectivity index (χ1v) is 3.76. The van der Waals surface area contributed by atoms with E-state index in [2.05, 4.69) is 0 Å². The van der Waals surface area contributed by atoms with E-state index in [1.165, 1.54) is 0 Å². The number of nitriles is 1. The molecule has 0 unspecified atom stereocenters. The molecule has 3 N–H and O–H groups in total. The minimum Gasteiger partial charge on any atom is -0.401 e. The Labute approximate surface area is 73.4 Å². The molecule has 0 atom stereocenters. The number of hydrogen-bond donors (Lipinski definition) is 2. The SMILES string of the molecule is C/C(N)=C(/C#N)C(=N)C(C)(C)C. The van der Waals surface area contributed by atoms with Crippen LogP contribution in [0, 0.1) is 22.2 Å². The van der Waals surface area contributed by atoms with Crippen LogP contribution in [0.5, 0.6) is 0 Å². The Morgan fingerprint density at radius 3 is 1.92 bits per heavy atom. The molecule has 0 aliphatic carbocycles. The number of rotatable bonds is 1. The zero-order valence-corrected chi connectivity index (χ0v) is 8.02. The predicted octanol–water partition coefficient (Wildman–Crippen LogP) is 1.81. The van der Waals surface area contributed by atoms with Gasteiger partial charge in [0, 0.05) is 11.1 Å². The molecular weight excluding hydrogens is 150 g/mol. The van der Waals surface area contributed by atoms with Crippen LogP contribution < -0.4 is 5.73 Å². The maximum Gasteiger partial charge on any atom is 0.103 e. The number of allylic oxidation sites excluding steroid dienone is 2. The second-order valence-electron chi connectivity index (χ2n) is 3.79. The van der Waals surface area contributed by atoms with Crippen LogP contribution in [0.1, 0.15) is 27.7 Å². The van der Waals surface area contributed by atoms with Gasteiger partial charge in [0.15, 0.2) is 0 Å². The molecule has 0 spiro atoms. The lowest BCUT2D eigenvalue weighted by molar-refractivity contribution is 0.588. The van der Waals surface area contributed by atoms with Gasteiger partial charge in [-0.1, -0.05) is 20.8 Å². The van der Waals surface area contributed by atoms with Crippen LogP contribution in [0.4, 0.5) is 0 Å². The van der Waals surface area contributed by atoms with Gasteiger partial charge in [-0.05, 0) is 6.92 Å².